The van der Waals surface area contributed by atoms with Gasteiger partial charge in [0.15, 0.2) is 5.78 Å². The Morgan fingerprint density at radius 2 is 2.00 bits per heavy atom. The number of likely N-dealkylation sites (tertiary alicyclic amines) is 1. The van der Waals surface area contributed by atoms with Crippen LogP contribution in [0.4, 0.5) is 0 Å². The molecule has 0 radical (unpaired) electrons. The molecule has 1 aromatic heterocycles. The highest BCUT2D eigenvalue weighted by molar-refractivity contribution is 6.04. The summed E-state index contributed by atoms with van der Waals surface area (Å²) in [5, 5.41) is 0. The van der Waals surface area contributed by atoms with Crippen LogP contribution in [0.15, 0.2) is 36.8 Å². The van der Waals surface area contributed by atoms with E-state index in [1.54, 1.807) is 4.90 Å². The first-order valence-electron chi connectivity index (χ1n) is 7.76. The Bertz CT molecular complexity index is 743. The molecule has 0 N–H and O–H groups in total. The number of ketones is 1. The number of carbonyl (C=O) groups is 2. The fourth-order valence-corrected chi connectivity index (χ4v) is 2.93. The Morgan fingerprint density at radius 1 is 1.17 bits per heavy atom. The van der Waals surface area contributed by atoms with Crippen LogP contribution in [0.1, 0.15) is 44.8 Å². The van der Waals surface area contributed by atoms with Gasteiger partial charge in [0.25, 0.3) is 5.91 Å². The van der Waals surface area contributed by atoms with Crippen molar-refractivity contribution in [1.82, 2.24) is 14.9 Å². The Balaban J connectivity index is 1.85. The number of carbonyl (C=O) groups excluding carboxylic acids is 2. The normalized spacial score (nSPS) is 17.3. The molecule has 0 saturated carbocycles. The van der Waals surface area contributed by atoms with Crippen LogP contribution in [0.3, 0.4) is 0 Å². The van der Waals surface area contributed by atoms with E-state index in [1.165, 1.54) is 18.6 Å². The summed E-state index contributed by atoms with van der Waals surface area (Å²) in [6.45, 7) is 4.59. The number of nitrogens with zero attached hydrogens (tertiary/aromatic N) is 3. The van der Waals surface area contributed by atoms with Gasteiger partial charge >= 0.3 is 0 Å². The van der Waals surface area contributed by atoms with E-state index in [9.17, 15) is 9.59 Å². The van der Waals surface area contributed by atoms with Crippen molar-refractivity contribution in [3.8, 4) is 0 Å². The molecule has 1 saturated heterocycles. The average Bonchev–Trinajstić information content (AvgIpc) is 3.06. The van der Waals surface area contributed by atoms with Crippen molar-refractivity contribution in [3.63, 3.8) is 0 Å². The van der Waals surface area contributed by atoms with E-state index in [0.29, 0.717) is 18.5 Å². The molecule has 3 rings (SSSR count). The van der Waals surface area contributed by atoms with Crippen LogP contribution in [0.2, 0.25) is 0 Å². The second kappa shape index (κ2) is 6.28. The summed E-state index contributed by atoms with van der Waals surface area (Å²) in [6, 6.07) is 5.29. The lowest BCUT2D eigenvalue weighted by molar-refractivity contribution is 0.0666. The van der Waals surface area contributed by atoms with Crippen molar-refractivity contribution in [2.45, 2.75) is 32.7 Å². The van der Waals surface area contributed by atoms with E-state index in [1.807, 2.05) is 32.0 Å². The van der Waals surface area contributed by atoms with Gasteiger partial charge in [-0.2, -0.15) is 0 Å². The van der Waals surface area contributed by atoms with Crippen LogP contribution < -0.4 is 0 Å². The third-order valence-corrected chi connectivity index (χ3v) is 4.39. The number of aryl methyl sites for hydroxylation is 2. The minimum Gasteiger partial charge on any atom is -0.327 e. The molecule has 23 heavy (non-hydrogen) atoms. The summed E-state index contributed by atoms with van der Waals surface area (Å²) in [6.07, 6.45) is 5.98. The van der Waals surface area contributed by atoms with Gasteiger partial charge in [-0.25, -0.2) is 4.98 Å². The van der Waals surface area contributed by atoms with Crippen molar-refractivity contribution in [3.05, 3.63) is 59.2 Å². The molecule has 0 aliphatic carbocycles. The standard InChI is InChI=1S/C18H19N3O2/c1-12-5-6-14(10-13(12)2)17(22)16-4-3-9-21(16)18(23)15-11-19-7-8-20-15/h5-8,10-11,16H,3-4,9H2,1-2H3. The quantitative estimate of drug-likeness (QED) is 0.818. The van der Waals surface area contributed by atoms with Gasteiger partial charge in [0.05, 0.1) is 12.2 Å². The number of aromatic nitrogens is 2. The van der Waals surface area contributed by atoms with Gasteiger partial charge in [-0.3, -0.25) is 14.6 Å². The molecule has 1 unspecified atom stereocenters. The molecule has 0 spiro atoms. The van der Waals surface area contributed by atoms with Crippen molar-refractivity contribution >= 4 is 11.7 Å². The summed E-state index contributed by atoms with van der Waals surface area (Å²) >= 11 is 0. The molecular weight excluding hydrogens is 290 g/mol. The van der Waals surface area contributed by atoms with Crippen LogP contribution >= 0.6 is 0 Å². The highest BCUT2D eigenvalue weighted by Gasteiger charge is 2.35. The Kier molecular flexibility index (Phi) is 4.19. The van der Waals surface area contributed by atoms with Gasteiger partial charge in [-0.1, -0.05) is 12.1 Å². The lowest BCUT2D eigenvalue weighted by Crippen LogP contribution is -2.41. The molecule has 1 aliphatic rings. The van der Waals surface area contributed by atoms with Gasteiger partial charge in [0, 0.05) is 24.5 Å². The third-order valence-electron chi connectivity index (χ3n) is 4.39. The van der Waals surface area contributed by atoms with Crippen LogP contribution in [0.25, 0.3) is 0 Å². The number of benzene rings is 1. The predicted octanol–water partition coefficient (Wildman–Crippen LogP) is 2.58. The van der Waals surface area contributed by atoms with E-state index in [-0.39, 0.29) is 17.4 Å². The first kappa shape index (κ1) is 15.3. The molecule has 1 aromatic carbocycles. The number of rotatable bonds is 3. The van der Waals surface area contributed by atoms with Gasteiger partial charge in [0.1, 0.15) is 5.69 Å². The Morgan fingerprint density at radius 3 is 2.70 bits per heavy atom. The highest BCUT2D eigenvalue weighted by atomic mass is 16.2. The topological polar surface area (TPSA) is 63.2 Å². The van der Waals surface area contributed by atoms with Crippen LogP contribution in [0, 0.1) is 13.8 Å². The van der Waals surface area contributed by atoms with Crippen LogP contribution in [0.5, 0.6) is 0 Å². The van der Waals surface area contributed by atoms with Crippen LogP contribution in [-0.4, -0.2) is 39.1 Å². The van der Waals surface area contributed by atoms with Gasteiger partial charge in [0.2, 0.25) is 0 Å². The molecule has 2 aromatic rings. The molecule has 2 heterocycles. The van der Waals surface area contributed by atoms with Gasteiger partial charge in [-0.15, -0.1) is 0 Å². The lowest BCUT2D eigenvalue weighted by atomic mass is 9.98. The van der Waals surface area contributed by atoms with Crippen molar-refractivity contribution in [2.24, 2.45) is 0 Å². The summed E-state index contributed by atoms with van der Waals surface area (Å²) in [7, 11) is 0. The van der Waals surface area contributed by atoms with E-state index in [0.717, 1.165) is 17.5 Å². The molecule has 1 aliphatic heterocycles. The zero-order valence-electron chi connectivity index (χ0n) is 13.3. The first-order chi connectivity index (χ1) is 11.1. The monoisotopic (exact) mass is 309 g/mol. The zero-order valence-corrected chi connectivity index (χ0v) is 13.3. The maximum atomic E-state index is 12.8. The second-order valence-corrected chi connectivity index (χ2v) is 5.91. The SMILES string of the molecule is Cc1ccc(C(=O)C2CCCN2C(=O)c2cnccn2)cc1C. The number of hydrogen-bond donors (Lipinski definition) is 0. The van der Waals surface area contributed by atoms with Gasteiger partial charge < -0.3 is 4.90 Å². The maximum Gasteiger partial charge on any atom is 0.274 e. The summed E-state index contributed by atoms with van der Waals surface area (Å²) in [5.41, 5.74) is 3.19. The van der Waals surface area contributed by atoms with E-state index >= 15 is 0 Å². The van der Waals surface area contributed by atoms with Gasteiger partial charge in [-0.05, 0) is 43.9 Å². The molecular formula is C18H19N3O2. The average molecular weight is 309 g/mol. The molecule has 1 amide bonds. The van der Waals surface area contributed by atoms with Crippen molar-refractivity contribution < 1.29 is 9.59 Å². The first-order valence-corrected chi connectivity index (χ1v) is 7.76. The van der Waals surface area contributed by atoms with Crippen molar-refractivity contribution in [2.75, 3.05) is 6.54 Å². The summed E-state index contributed by atoms with van der Waals surface area (Å²) in [5.74, 6) is -0.222. The van der Waals surface area contributed by atoms with E-state index in [2.05, 4.69) is 9.97 Å². The van der Waals surface area contributed by atoms with E-state index in [4.69, 9.17) is 0 Å². The zero-order chi connectivity index (χ0) is 16.4. The molecule has 118 valence electrons. The second-order valence-electron chi connectivity index (χ2n) is 5.91. The van der Waals surface area contributed by atoms with E-state index < -0.39 is 6.04 Å². The minimum absolute atomic E-state index is 0.00263. The smallest absolute Gasteiger partial charge is 0.274 e. The number of hydrogen-bond acceptors (Lipinski definition) is 4. The molecule has 0 bridgehead atoms. The van der Waals surface area contributed by atoms with Crippen LogP contribution in [-0.2, 0) is 0 Å². The molecule has 5 heteroatoms. The van der Waals surface area contributed by atoms with Crippen molar-refractivity contribution in [1.29, 1.82) is 0 Å². The fraction of sp³-hybridized carbons (Fsp3) is 0.333. The third kappa shape index (κ3) is 2.99. The molecule has 5 nitrogen and oxygen atoms in total. The molecule has 1 atom stereocenters. The summed E-state index contributed by atoms with van der Waals surface area (Å²) in [4.78, 5) is 35.0. The highest BCUT2D eigenvalue weighted by Crippen LogP contribution is 2.23. The summed E-state index contributed by atoms with van der Waals surface area (Å²) < 4.78 is 0. The number of Topliss-reactive ketones (excluding diaryl/α,β-unsaturated/α-hetero) is 1. The maximum absolute atomic E-state index is 12.8. The lowest BCUT2D eigenvalue weighted by Gasteiger charge is -2.23. The number of amides is 1. The fourth-order valence-electron chi connectivity index (χ4n) is 2.93. The Labute approximate surface area is 135 Å². The predicted molar refractivity (Wildman–Crippen MR) is 86.3 cm³/mol. The Hall–Kier alpha value is -2.56. The largest absolute Gasteiger partial charge is 0.327 e. The minimum atomic E-state index is -0.411. The molecule has 1 fully saturated rings.